The molecule has 0 aromatic heterocycles. The van der Waals surface area contributed by atoms with Gasteiger partial charge >= 0.3 is 0 Å². The summed E-state index contributed by atoms with van der Waals surface area (Å²) in [6, 6.07) is 7.08. The first-order valence-electron chi connectivity index (χ1n) is 6.70. The Morgan fingerprint density at radius 2 is 2.21 bits per heavy atom. The first-order valence-corrected chi connectivity index (χ1v) is 6.70. The minimum Gasteiger partial charge on any atom is -0.395 e. The van der Waals surface area contributed by atoms with Gasteiger partial charge in [0.1, 0.15) is 0 Å². The second kappa shape index (κ2) is 6.12. The minimum atomic E-state index is -0.328. The van der Waals surface area contributed by atoms with Gasteiger partial charge in [-0.1, -0.05) is 25.1 Å². The van der Waals surface area contributed by atoms with Gasteiger partial charge in [0.05, 0.1) is 11.5 Å². The molecule has 104 valence electrons. The number of aliphatic hydroxyl groups is 1. The maximum atomic E-state index is 10.9. The van der Waals surface area contributed by atoms with E-state index in [2.05, 4.69) is 11.8 Å². The van der Waals surface area contributed by atoms with Crippen LogP contribution in [0.5, 0.6) is 0 Å². The van der Waals surface area contributed by atoms with E-state index in [1.54, 1.807) is 12.1 Å². The molecule has 0 aliphatic carbocycles. The van der Waals surface area contributed by atoms with Gasteiger partial charge in [0.2, 0.25) is 0 Å². The van der Waals surface area contributed by atoms with Crippen LogP contribution < -0.4 is 0 Å². The number of nitro benzene ring substituents is 1. The summed E-state index contributed by atoms with van der Waals surface area (Å²) in [5.41, 5.74) is 0.957. The van der Waals surface area contributed by atoms with Crippen molar-refractivity contribution >= 4 is 5.69 Å². The second-order valence-corrected chi connectivity index (χ2v) is 5.19. The Morgan fingerprint density at radius 3 is 2.89 bits per heavy atom. The van der Waals surface area contributed by atoms with Gasteiger partial charge < -0.3 is 5.11 Å². The van der Waals surface area contributed by atoms with Crippen LogP contribution >= 0.6 is 0 Å². The highest BCUT2D eigenvalue weighted by molar-refractivity contribution is 5.39. The molecule has 1 aromatic rings. The monoisotopic (exact) mass is 264 g/mol. The number of hydrogen-bond acceptors (Lipinski definition) is 4. The molecule has 1 aromatic carbocycles. The van der Waals surface area contributed by atoms with E-state index in [1.165, 1.54) is 0 Å². The van der Waals surface area contributed by atoms with E-state index < -0.39 is 0 Å². The highest BCUT2D eigenvalue weighted by atomic mass is 16.6. The first-order chi connectivity index (χ1) is 9.13. The SMILES string of the molecule is CC1CCN(CCc2ccccc2[N+](=O)[O-])C1CO. The molecule has 2 atom stereocenters. The number of nitro groups is 1. The van der Waals surface area contributed by atoms with Gasteiger partial charge in [-0.05, 0) is 25.3 Å². The fourth-order valence-corrected chi connectivity index (χ4v) is 2.83. The van der Waals surface area contributed by atoms with Crippen LogP contribution in [0.1, 0.15) is 18.9 Å². The zero-order chi connectivity index (χ0) is 13.8. The van der Waals surface area contributed by atoms with Crippen molar-refractivity contribution in [2.45, 2.75) is 25.8 Å². The summed E-state index contributed by atoms with van der Waals surface area (Å²) >= 11 is 0. The Hall–Kier alpha value is -1.46. The van der Waals surface area contributed by atoms with Crippen molar-refractivity contribution in [1.29, 1.82) is 0 Å². The predicted octanol–water partition coefficient (Wildman–Crippen LogP) is 1.84. The van der Waals surface area contributed by atoms with E-state index in [0.29, 0.717) is 12.3 Å². The van der Waals surface area contributed by atoms with Crippen LogP contribution in [0, 0.1) is 16.0 Å². The molecule has 1 heterocycles. The molecule has 1 aliphatic heterocycles. The Balaban J connectivity index is 2.01. The summed E-state index contributed by atoms with van der Waals surface area (Å²) in [4.78, 5) is 12.9. The molecule has 2 unspecified atom stereocenters. The predicted molar refractivity (Wildman–Crippen MR) is 73.0 cm³/mol. The van der Waals surface area contributed by atoms with Gasteiger partial charge in [0.25, 0.3) is 5.69 Å². The lowest BCUT2D eigenvalue weighted by Gasteiger charge is -2.24. The number of nitrogens with zero attached hydrogens (tertiary/aromatic N) is 2. The quantitative estimate of drug-likeness (QED) is 0.651. The lowest BCUT2D eigenvalue weighted by Crippen LogP contribution is -2.36. The Kier molecular flexibility index (Phi) is 4.50. The Bertz CT molecular complexity index is 450. The van der Waals surface area contributed by atoms with Crippen LogP contribution in [0.3, 0.4) is 0 Å². The molecule has 2 rings (SSSR count). The summed E-state index contributed by atoms with van der Waals surface area (Å²) in [7, 11) is 0. The maximum Gasteiger partial charge on any atom is 0.272 e. The maximum absolute atomic E-state index is 10.9. The third-order valence-electron chi connectivity index (χ3n) is 4.04. The average Bonchev–Trinajstić information content (AvgIpc) is 2.77. The number of hydrogen-bond donors (Lipinski definition) is 1. The first kappa shape index (κ1) is 14.0. The third kappa shape index (κ3) is 3.11. The summed E-state index contributed by atoms with van der Waals surface area (Å²) in [6.07, 6.45) is 1.74. The van der Waals surface area contributed by atoms with Crippen LogP contribution in [0.2, 0.25) is 0 Å². The van der Waals surface area contributed by atoms with Crippen molar-refractivity contribution in [3.05, 3.63) is 39.9 Å². The molecule has 0 saturated carbocycles. The van der Waals surface area contributed by atoms with Gasteiger partial charge in [0.15, 0.2) is 0 Å². The zero-order valence-corrected chi connectivity index (χ0v) is 11.2. The molecule has 1 aliphatic rings. The molecule has 0 amide bonds. The largest absolute Gasteiger partial charge is 0.395 e. The molecule has 19 heavy (non-hydrogen) atoms. The lowest BCUT2D eigenvalue weighted by molar-refractivity contribution is -0.385. The summed E-state index contributed by atoms with van der Waals surface area (Å²) < 4.78 is 0. The number of aliphatic hydroxyl groups excluding tert-OH is 1. The van der Waals surface area contributed by atoms with Crippen molar-refractivity contribution in [2.75, 3.05) is 19.7 Å². The van der Waals surface area contributed by atoms with Crippen LogP contribution in [0.4, 0.5) is 5.69 Å². The molecule has 0 spiro atoms. The van der Waals surface area contributed by atoms with Crippen molar-refractivity contribution in [2.24, 2.45) is 5.92 Å². The highest BCUT2D eigenvalue weighted by Gasteiger charge is 2.30. The zero-order valence-electron chi connectivity index (χ0n) is 11.2. The van der Waals surface area contributed by atoms with Crippen LogP contribution in [0.25, 0.3) is 0 Å². The Labute approximate surface area is 113 Å². The minimum absolute atomic E-state index is 0.165. The van der Waals surface area contributed by atoms with E-state index in [-0.39, 0.29) is 23.3 Å². The molecule has 5 heteroatoms. The number of likely N-dealkylation sites (tertiary alicyclic amines) is 1. The topological polar surface area (TPSA) is 66.6 Å². The van der Waals surface area contributed by atoms with Crippen molar-refractivity contribution in [3.8, 4) is 0 Å². The van der Waals surface area contributed by atoms with Gasteiger partial charge in [-0.15, -0.1) is 0 Å². The molecule has 1 N–H and O–H groups in total. The number of benzene rings is 1. The summed E-state index contributed by atoms with van der Waals surface area (Å²) in [5, 5.41) is 20.3. The van der Waals surface area contributed by atoms with E-state index in [4.69, 9.17) is 0 Å². The van der Waals surface area contributed by atoms with Crippen molar-refractivity contribution in [3.63, 3.8) is 0 Å². The smallest absolute Gasteiger partial charge is 0.272 e. The highest BCUT2D eigenvalue weighted by Crippen LogP contribution is 2.25. The number of rotatable bonds is 5. The van der Waals surface area contributed by atoms with E-state index in [9.17, 15) is 15.2 Å². The number of para-hydroxylation sites is 1. The van der Waals surface area contributed by atoms with Gasteiger partial charge in [-0.2, -0.15) is 0 Å². The fraction of sp³-hybridized carbons (Fsp3) is 0.571. The fourth-order valence-electron chi connectivity index (χ4n) is 2.83. The average molecular weight is 264 g/mol. The summed E-state index contributed by atoms with van der Waals surface area (Å²) in [5.74, 6) is 0.496. The molecular formula is C14H20N2O3. The van der Waals surface area contributed by atoms with Crippen LogP contribution in [-0.2, 0) is 6.42 Å². The van der Waals surface area contributed by atoms with Gasteiger partial charge in [-0.25, -0.2) is 0 Å². The molecule has 0 bridgehead atoms. The summed E-state index contributed by atoms with van der Waals surface area (Å²) in [6.45, 7) is 4.04. The molecule has 5 nitrogen and oxygen atoms in total. The van der Waals surface area contributed by atoms with E-state index in [1.807, 2.05) is 12.1 Å². The lowest BCUT2D eigenvalue weighted by atomic mass is 10.0. The normalized spacial score (nSPS) is 23.7. The van der Waals surface area contributed by atoms with Crippen LogP contribution in [-0.4, -0.2) is 40.7 Å². The molecule has 0 radical (unpaired) electrons. The second-order valence-electron chi connectivity index (χ2n) is 5.19. The Morgan fingerprint density at radius 1 is 1.47 bits per heavy atom. The third-order valence-corrected chi connectivity index (χ3v) is 4.04. The van der Waals surface area contributed by atoms with E-state index in [0.717, 1.165) is 25.1 Å². The van der Waals surface area contributed by atoms with E-state index >= 15 is 0 Å². The van der Waals surface area contributed by atoms with Crippen molar-refractivity contribution in [1.82, 2.24) is 4.90 Å². The van der Waals surface area contributed by atoms with Gasteiger partial charge in [0, 0.05) is 24.2 Å². The molecule has 1 fully saturated rings. The van der Waals surface area contributed by atoms with Crippen molar-refractivity contribution < 1.29 is 10.0 Å². The van der Waals surface area contributed by atoms with Crippen LogP contribution in [0.15, 0.2) is 24.3 Å². The van der Waals surface area contributed by atoms with Gasteiger partial charge in [-0.3, -0.25) is 15.0 Å². The molecule has 1 saturated heterocycles. The standard InChI is InChI=1S/C14H20N2O3/c1-11-6-8-15(14(11)10-17)9-7-12-4-2-3-5-13(12)16(18)19/h2-5,11,14,17H,6-10H2,1H3. The molecular weight excluding hydrogens is 244 g/mol.